The van der Waals surface area contributed by atoms with E-state index in [1.54, 1.807) is 18.8 Å². The third kappa shape index (κ3) is 8.26. The average molecular weight is 356 g/mol. The van der Waals surface area contributed by atoms with Crippen molar-refractivity contribution >= 4 is 11.8 Å². The zero-order valence-corrected chi connectivity index (χ0v) is 15.5. The van der Waals surface area contributed by atoms with E-state index in [0.717, 1.165) is 55.3 Å². The maximum atomic E-state index is 10.4. The lowest BCUT2D eigenvalue weighted by Crippen LogP contribution is -2.26. The highest BCUT2D eigenvalue weighted by Crippen LogP contribution is 2.13. The molecular formula is C16H28N4O3S. The molecule has 0 saturated carbocycles. The Morgan fingerprint density at radius 2 is 2.04 bits per heavy atom. The number of nitro groups is 1. The van der Waals surface area contributed by atoms with Gasteiger partial charge in [0, 0.05) is 31.5 Å². The second kappa shape index (κ2) is 11.8. The molecule has 0 saturated heterocycles. The molecule has 1 rings (SSSR count). The summed E-state index contributed by atoms with van der Waals surface area (Å²) in [6.45, 7) is 7.89. The summed E-state index contributed by atoms with van der Waals surface area (Å²) < 4.78 is 5.86. The van der Waals surface area contributed by atoms with E-state index in [0.29, 0.717) is 12.4 Å². The largest absolute Gasteiger partial charge is 0.465 e. The number of nitrogens with zero attached hydrogens (tertiary/aromatic N) is 2. The van der Waals surface area contributed by atoms with Gasteiger partial charge < -0.3 is 15.1 Å². The minimum atomic E-state index is -0.474. The predicted molar refractivity (Wildman–Crippen MR) is 98.5 cm³/mol. The van der Waals surface area contributed by atoms with E-state index >= 15 is 0 Å². The van der Waals surface area contributed by atoms with Crippen LogP contribution in [0.5, 0.6) is 0 Å². The topological polar surface area (TPSA) is 83.6 Å². The smallest absolute Gasteiger partial charge is 0.274 e. The Balaban J connectivity index is 2.19. The molecule has 7 nitrogen and oxygen atoms in total. The lowest BCUT2D eigenvalue weighted by Gasteiger charge is -2.15. The molecule has 0 fully saturated rings. The fourth-order valence-electron chi connectivity index (χ4n) is 2.15. The van der Waals surface area contributed by atoms with Crippen LogP contribution in [0.15, 0.2) is 28.6 Å². The zero-order chi connectivity index (χ0) is 17.8. The van der Waals surface area contributed by atoms with Crippen LogP contribution in [0.2, 0.25) is 0 Å². The molecule has 1 aromatic heterocycles. The van der Waals surface area contributed by atoms with Gasteiger partial charge in [0.25, 0.3) is 6.20 Å². The van der Waals surface area contributed by atoms with Crippen molar-refractivity contribution in [2.45, 2.75) is 26.8 Å². The van der Waals surface area contributed by atoms with Gasteiger partial charge in [0.2, 0.25) is 0 Å². The van der Waals surface area contributed by atoms with E-state index in [1.807, 2.05) is 0 Å². The van der Waals surface area contributed by atoms with Crippen molar-refractivity contribution in [2.24, 2.45) is 0 Å². The first-order valence-corrected chi connectivity index (χ1v) is 9.39. The molecule has 0 unspecified atom stereocenters. The van der Waals surface area contributed by atoms with Crippen LogP contribution in [0.25, 0.3) is 0 Å². The molecule has 0 aromatic carbocycles. The number of thioether (sulfide) groups is 1. The Bertz CT molecular complexity index is 515. The number of rotatable bonds is 13. The van der Waals surface area contributed by atoms with Gasteiger partial charge in [-0.3, -0.25) is 15.0 Å². The van der Waals surface area contributed by atoms with Gasteiger partial charge >= 0.3 is 0 Å². The molecule has 0 bridgehead atoms. The van der Waals surface area contributed by atoms with Gasteiger partial charge in [0.05, 0.1) is 11.5 Å². The molecule has 8 heteroatoms. The van der Waals surface area contributed by atoms with Crippen molar-refractivity contribution in [2.75, 3.05) is 38.2 Å². The van der Waals surface area contributed by atoms with Gasteiger partial charge in [-0.2, -0.15) is 11.8 Å². The van der Waals surface area contributed by atoms with E-state index in [2.05, 4.69) is 41.5 Å². The Morgan fingerprint density at radius 3 is 2.67 bits per heavy atom. The third-order valence-electron chi connectivity index (χ3n) is 3.55. The molecule has 24 heavy (non-hydrogen) atoms. The molecule has 0 aliphatic rings. The highest BCUT2D eigenvalue weighted by Gasteiger charge is 2.06. The van der Waals surface area contributed by atoms with E-state index in [-0.39, 0.29) is 0 Å². The van der Waals surface area contributed by atoms with E-state index in [4.69, 9.17) is 4.42 Å². The highest BCUT2D eigenvalue weighted by molar-refractivity contribution is 7.99. The Hall–Kier alpha value is -1.67. The summed E-state index contributed by atoms with van der Waals surface area (Å²) in [6.07, 6.45) is 1.83. The van der Waals surface area contributed by atoms with E-state index < -0.39 is 4.92 Å². The van der Waals surface area contributed by atoms with Crippen molar-refractivity contribution in [3.8, 4) is 0 Å². The number of nitrogens with one attached hydrogen (secondary N) is 2. The molecule has 2 N–H and O–H groups in total. The molecule has 136 valence electrons. The number of furan rings is 1. The lowest BCUT2D eigenvalue weighted by molar-refractivity contribution is -0.404. The van der Waals surface area contributed by atoms with Crippen molar-refractivity contribution in [3.05, 3.63) is 45.8 Å². The van der Waals surface area contributed by atoms with Crippen molar-refractivity contribution in [3.63, 3.8) is 0 Å². The summed E-state index contributed by atoms with van der Waals surface area (Å²) >= 11 is 1.79. The summed E-state index contributed by atoms with van der Waals surface area (Å²) in [5, 5.41) is 16.2. The predicted octanol–water partition coefficient (Wildman–Crippen LogP) is 2.28. The molecule has 1 aromatic rings. The van der Waals surface area contributed by atoms with Crippen LogP contribution >= 0.6 is 11.8 Å². The average Bonchev–Trinajstić information content (AvgIpc) is 3.01. The molecule has 0 radical (unpaired) electrons. The number of aryl methyl sites for hydroxylation is 1. The molecule has 0 aliphatic heterocycles. The maximum Gasteiger partial charge on any atom is 0.274 e. The third-order valence-corrected chi connectivity index (χ3v) is 4.54. The normalized spacial score (nSPS) is 11.8. The maximum absolute atomic E-state index is 10.4. The minimum Gasteiger partial charge on any atom is -0.465 e. The van der Waals surface area contributed by atoms with Gasteiger partial charge in [0.1, 0.15) is 11.5 Å². The molecule has 0 aliphatic carbocycles. The fraction of sp³-hybridized carbons (Fsp3) is 0.625. The lowest BCUT2D eigenvalue weighted by atomic mass is 10.3. The highest BCUT2D eigenvalue weighted by atomic mass is 32.2. The minimum absolute atomic E-state index is 0.424. The second-order valence-electron chi connectivity index (χ2n) is 5.20. The van der Waals surface area contributed by atoms with Crippen LogP contribution in [0.1, 0.15) is 25.4 Å². The van der Waals surface area contributed by atoms with Crippen molar-refractivity contribution in [1.82, 2.24) is 15.5 Å². The first-order chi connectivity index (χ1) is 11.6. The van der Waals surface area contributed by atoms with Crippen LogP contribution < -0.4 is 10.6 Å². The number of hydrogen-bond donors (Lipinski definition) is 2. The van der Waals surface area contributed by atoms with Crippen LogP contribution in [-0.2, 0) is 13.0 Å². The summed E-state index contributed by atoms with van der Waals surface area (Å²) in [4.78, 5) is 12.2. The monoisotopic (exact) mass is 356 g/mol. The molecular weight excluding hydrogens is 328 g/mol. The summed E-state index contributed by atoms with van der Waals surface area (Å²) in [5.74, 6) is 4.30. The van der Waals surface area contributed by atoms with Crippen LogP contribution in [0.4, 0.5) is 0 Å². The van der Waals surface area contributed by atoms with E-state index in [9.17, 15) is 10.1 Å². The summed E-state index contributed by atoms with van der Waals surface area (Å²) in [6, 6.07) is 4.11. The molecule has 0 atom stereocenters. The van der Waals surface area contributed by atoms with Crippen LogP contribution in [0, 0.1) is 10.1 Å². The van der Waals surface area contributed by atoms with Gasteiger partial charge in [0.15, 0.2) is 5.82 Å². The summed E-state index contributed by atoms with van der Waals surface area (Å²) in [5.41, 5.74) is 0. The van der Waals surface area contributed by atoms with Gasteiger partial charge in [-0.15, -0.1) is 0 Å². The molecule has 0 spiro atoms. The summed E-state index contributed by atoms with van der Waals surface area (Å²) in [7, 11) is 1.65. The number of hydrogen-bond acceptors (Lipinski definition) is 7. The Labute approximate surface area is 148 Å². The first-order valence-electron chi connectivity index (χ1n) is 8.23. The standard InChI is InChI=1S/C16H28N4O3S/c1-4-19(5-2)12-15-7-6-14(23-15)8-10-24-11-9-18-16(17-3)13-20(21)22/h6-7,13,17-18H,4-5,8-12H2,1-3H3. The fourth-order valence-corrected chi connectivity index (χ4v) is 2.94. The Kier molecular flexibility index (Phi) is 10.0. The van der Waals surface area contributed by atoms with Crippen molar-refractivity contribution in [1.29, 1.82) is 0 Å². The first kappa shape index (κ1) is 20.4. The quantitative estimate of drug-likeness (QED) is 0.319. The molecule has 1 heterocycles. The van der Waals surface area contributed by atoms with Crippen molar-refractivity contribution < 1.29 is 9.34 Å². The van der Waals surface area contributed by atoms with Gasteiger partial charge in [-0.25, -0.2) is 0 Å². The molecule has 0 amide bonds. The SMILES string of the molecule is CCN(CC)Cc1ccc(CCSCCNC(=C[N+](=O)[O-])NC)o1. The van der Waals surface area contributed by atoms with Crippen LogP contribution in [-0.4, -0.2) is 48.0 Å². The second-order valence-corrected chi connectivity index (χ2v) is 6.42. The van der Waals surface area contributed by atoms with Crippen LogP contribution in [0.3, 0.4) is 0 Å². The Morgan fingerprint density at radius 1 is 1.33 bits per heavy atom. The van der Waals surface area contributed by atoms with Gasteiger partial charge in [-0.05, 0) is 25.2 Å². The van der Waals surface area contributed by atoms with Gasteiger partial charge in [-0.1, -0.05) is 13.8 Å². The zero-order valence-electron chi connectivity index (χ0n) is 14.7. The van der Waals surface area contributed by atoms with E-state index in [1.165, 1.54) is 0 Å².